The summed E-state index contributed by atoms with van der Waals surface area (Å²) in [5.74, 6) is 0. The molecule has 0 aromatic heterocycles. The van der Waals surface area contributed by atoms with Crippen molar-refractivity contribution in [1.82, 2.24) is 0 Å². The van der Waals surface area contributed by atoms with Crippen LogP contribution in [0.2, 0.25) is 0 Å². The zero-order valence-electron chi connectivity index (χ0n) is 11.7. The van der Waals surface area contributed by atoms with Gasteiger partial charge in [0.1, 0.15) is 0 Å². The molecule has 0 aliphatic carbocycles. The van der Waals surface area contributed by atoms with Gasteiger partial charge < -0.3 is 0 Å². The summed E-state index contributed by atoms with van der Waals surface area (Å²) in [4.78, 5) is 0. The second kappa shape index (κ2) is 7.22. The minimum absolute atomic E-state index is 0. The summed E-state index contributed by atoms with van der Waals surface area (Å²) < 4.78 is -0.121. The van der Waals surface area contributed by atoms with Gasteiger partial charge in [0.25, 0.3) is 0 Å². The van der Waals surface area contributed by atoms with Gasteiger partial charge in [0.05, 0.1) is 0 Å². The fourth-order valence-electron chi connectivity index (χ4n) is 2.81. The molecule has 0 aliphatic rings. The molecule has 0 fully saturated rings. The van der Waals surface area contributed by atoms with Crippen LogP contribution in [0.4, 0.5) is 0 Å². The van der Waals surface area contributed by atoms with Gasteiger partial charge in [-0.25, -0.2) is 0 Å². The van der Waals surface area contributed by atoms with Gasteiger partial charge >= 0.3 is 148 Å². The second-order valence-electron chi connectivity index (χ2n) is 5.22. The van der Waals surface area contributed by atoms with Crippen LogP contribution in [0.25, 0.3) is 0 Å². The van der Waals surface area contributed by atoms with Crippen molar-refractivity contribution in [2.45, 2.75) is 4.09 Å². The number of hydrogen-bond donors (Lipinski definition) is 0. The molecular formula is C19H16Li2. The quantitative estimate of drug-likeness (QED) is 0.498. The topological polar surface area (TPSA) is 0 Å². The first-order valence-electron chi connectivity index (χ1n) is 6.98. The Bertz CT molecular complexity index is 567. The summed E-state index contributed by atoms with van der Waals surface area (Å²) >= 11 is 2.30. The molecule has 94 valence electrons. The van der Waals surface area contributed by atoms with Crippen LogP contribution in [0.3, 0.4) is 0 Å². The Kier molecular flexibility index (Phi) is 5.58. The summed E-state index contributed by atoms with van der Waals surface area (Å²) in [6, 6.07) is 32.1. The van der Waals surface area contributed by atoms with Crippen molar-refractivity contribution in [3.63, 3.8) is 0 Å². The normalized spacial score (nSPS) is 10.8. The van der Waals surface area contributed by atoms with Gasteiger partial charge in [-0.05, 0) is 0 Å². The first-order chi connectivity index (χ1) is 9.82. The molecule has 0 spiro atoms. The summed E-state index contributed by atoms with van der Waals surface area (Å²) in [5, 5.41) is 0. The third kappa shape index (κ3) is 3.21. The van der Waals surface area contributed by atoms with Gasteiger partial charge in [-0.1, -0.05) is 0 Å². The molecule has 0 N–H and O–H groups in total. The van der Waals surface area contributed by atoms with Gasteiger partial charge in [0.2, 0.25) is 0 Å². The van der Waals surface area contributed by atoms with E-state index in [-0.39, 0.29) is 22.9 Å². The Labute approximate surface area is 148 Å². The molecular weight excluding hydrogens is 242 g/mol. The van der Waals surface area contributed by atoms with Crippen LogP contribution in [-0.4, -0.2) is 36.6 Å². The van der Waals surface area contributed by atoms with Crippen molar-refractivity contribution >= 4 is 36.6 Å². The van der Waals surface area contributed by atoms with Crippen molar-refractivity contribution in [3.05, 3.63) is 108 Å². The Morgan fingerprint density at radius 1 is 0.476 bits per heavy atom. The molecule has 3 rings (SSSR count). The molecule has 3 aromatic rings. The fraction of sp³-hybridized carbons (Fsp3) is 0.0526. The molecule has 0 unspecified atom stereocenters. The summed E-state index contributed by atoms with van der Waals surface area (Å²) in [5.41, 5.74) is 3.95. The van der Waals surface area contributed by atoms with E-state index in [0.29, 0.717) is 0 Å². The van der Waals surface area contributed by atoms with Crippen molar-refractivity contribution < 1.29 is 0 Å². The molecule has 0 saturated heterocycles. The van der Waals surface area contributed by atoms with Crippen molar-refractivity contribution in [3.8, 4) is 0 Å². The van der Waals surface area contributed by atoms with Crippen molar-refractivity contribution in [2.75, 3.05) is 0 Å². The van der Waals surface area contributed by atoms with E-state index >= 15 is 0 Å². The van der Waals surface area contributed by atoms with E-state index in [2.05, 4.69) is 109 Å². The monoisotopic (exact) mass is 258 g/mol. The zero-order chi connectivity index (χ0) is 13.8. The maximum absolute atomic E-state index is 2.30. The molecule has 3 aromatic carbocycles. The van der Waals surface area contributed by atoms with E-state index in [1.165, 1.54) is 16.7 Å². The van der Waals surface area contributed by atoms with Crippen LogP contribution in [0.5, 0.6) is 0 Å². The molecule has 2 heteroatoms. The van der Waals surface area contributed by atoms with E-state index in [1.807, 2.05) is 0 Å². The molecule has 0 aliphatic heterocycles. The van der Waals surface area contributed by atoms with E-state index in [1.54, 1.807) is 0 Å². The van der Waals surface area contributed by atoms with Crippen LogP contribution < -0.4 is 0 Å². The second-order valence-corrected chi connectivity index (χ2v) is 5.22. The predicted molar refractivity (Wildman–Crippen MR) is 92.1 cm³/mol. The van der Waals surface area contributed by atoms with Gasteiger partial charge in [-0.15, -0.1) is 0 Å². The Morgan fingerprint density at radius 2 is 0.714 bits per heavy atom. The van der Waals surface area contributed by atoms with Gasteiger partial charge in [0.15, 0.2) is 0 Å². The van der Waals surface area contributed by atoms with Crippen LogP contribution in [0, 0.1) is 0 Å². The molecule has 0 nitrogen and oxygen atoms in total. The predicted octanol–water partition coefficient (Wildman–Crippen LogP) is 3.50. The summed E-state index contributed by atoms with van der Waals surface area (Å²) in [7, 11) is 0. The van der Waals surface area contributed by atoms with Gasteiger partial charge in [-0.2, -0.15) is 0 Å². The summed E-state index contributed by atoms with van der Waals surface area (Å²) in [6.45, 7) is 0. The molecule has 0 radical (unpaired) electrons. The molecule has 0 atom stereocenters. The first kappa shape index (κ1) is 16.2. The van der Waals surface area contributed by atoms with Crippen molar-refractivity contribution in [1.29, 1.82) is 0 Å². The first-order valence-corrected chi connectivity index (χ1v) is 6.98. The minimum atomic E-state index is -0.121. The van der Waals surface area contributed by atoms with E-state index in [4.69, 9.17) is 0 Å². The van der Waals surface area contributed by atoms with Crippen LogP contribution in [-0.2, 0) is 4.09 Å². The molecule has 0 amide bonds. The third-order valence-electron chi connectivity index (χ3n) is 4.05. The average molecular weight is 258 g/mol. The van der Waals surface area contributed by atoms with Crippen molar-refractivity contribution in [2.24, 2.45) is 0 Å². The van der Waals surface area contributed by atoms with Crippen LogP contribution in [0.15, 0.2) is 91.0 Å². The van der Waals surface area contributed by atoms with E-state index in [0.717, 1.165) is 0 Å². The zero-order valence-corrected chi connectivity index (χ0v) is 11.7. The van der Waals surface area contributed by atoms with Gasteiger partial charge in [-0.3, -0.25) is 0 Å². The standard InChI is InChI=1S/C19H15.2Li.H/c1-4-10-16(11-5-1)19(17-12-6-2-7-13-17)18-14-8-3-9-15-18;;;/h1-15H;;;. The maximum atomic E-state index is 2.30. The Balaban J connectivity index is 0.00000161. The van der Waals surface area contributed by atoms with Crippen LogP contribution in [0.1, 0.15) is 16.7 Å². The molecule has 0 saturated carbocycles. The average Bonchev–Trinajstić information content (AvgIpc) is 2.56. The Morgan fingerprint density at radius 3 is 0.952 bits per heavy atom. The third-order valence-corrected chi connectivity index (χ3v) is 4.05. The molecule has 21 heavy (non-hydrogen) atoms. The van der Waals surface area contributed by atoms with E-state index < -0.39 is 0 Å². The number of rotatable bonds is 3. The van der Waals surface area contributed by atoms with Gasteiger partial charge in [0, 0.05) is 0 Å². The SMILES string of the molecule is [LiH].[Li][C](c1ccccc1)(c1ccccc1)c1ccccc1. The Hall–Kier alpha value is -1.15. The summed E-state index contributed by atoms with van der Waals surface area (Å²) in [6.07, 6.45) is 0. The van der Waals surface area contributed by atoms with Crippen LogP contribution >= 0.6 is 0 Å². The molecule has 0 bridgehead atoms. The molecule has 0 heterocycles. The fourth-order valence-corrected chi connectivity index (χ4v) is 2.81. The number of hydrogen-bond acceptors (Lipinski definition) is 0. The van der Waals surface area contributed by atoms with E-state index in [9.17, 15) is 0 Å². The number of benzene rings is 3.